The van der Waals surface area contributed by atoms with Gasteiger partial charge in [0.15, 0.2) is 0 Å². The van der Waals surface area contributed by atoms with Crippen molar-refractivity contribution in [3.05, 3.63) is 0 Å². The van der Waals surface area contributed by atoms with Gasteiger partial charge >= 0.3 is 0 Å². The Labute approximate surface area is 92.3 Å². The van der Waals surface area contributed by atoms with E-state index in [1.807, 2.05) is 6.92 Å². The van der Waals surface area contributed by atoms with E-state index in [0.29, 0.717) is 0 Å². The smallest absolute Gasteiger partial charge is 0.223 e. The predicted octanol–water partition coefficient (Wildman–Crippen LogP) is 1.70. The molecule has 0 aromatic heterocycles. The Balaban J connectivity index is 2.57. The second-order valence-corrected chi connectivity index (χ2v) is 5.38. The molecule has 1 saturated carbocycles. The third-order valence-corrected chi connectivity index (χ3v) is 3.49. The highest BCUT2D eigenvalue weighted by molar-refractivity contribution is 5.79. The highest BCUT2D eigenvalue weighted by Gasteiger charge is 2.37. The van der Waals surface area contributed by atoms with E-state index < -0.39 is 0 Å². The summed E-state index contributed by atoms with van der Waals surface area (Å²) in [5.41, 5.74) is 0.109. The molecule has 0 aliphatic heterocycles. The Morgan fingerprint density at radius 3 is 2.73 bits per heavy atom. The summed E-state index contributed by atoms with van der Waals surface area (Å²) >= 11 is 0. The first-order valence-electron chi connectivity index (χ1n) is 5.88. The van der Waals surface area contributed by atoms with Gasteiger partial charge < -0.3 is 10.4 Å². The Bertz CT molecular complexity index is 226. The molecule has 1 fully saturated rings. The van der Waals surface area contributed by atoms with E-state index >= 15 is 0 Å². The average molecular weight is 213 g/mol. The van der Waals surface area contributed by atoms with Crippen LogP contribution < -0.4 is 5.32 Å². The van der Waals surface area contributed by atoms with Gasteiger partial charge in [-0.2, -0.15) is 0 Å². The van der Waals surface area contributed by atoms with Crippen LogP contribution in [0.25, 0.3) is 0 Å². The van der Waals surface area contributed by atoms with Crippen molar-refractivity contribution >= 4 is 5.91 Å². The normalized spacial score (nSPS) is 27.1. The van der Waals surface area contributed by atoms with Crippen LogP contribution in [-0.2, 0) is 4.79 Å². The fraction of sp³-hybridized carbons (Fsp3) is 0.917. The highest BCUT2D eigenvalue weighted by atomic mass is 16.3. The van der Waals surface area contributed by atoms with E-state index in [9.17, 15) is 4.79 Å². The molecule has 0 radical (unpaired) electrons. The molecule has 88 valence electrons. The standard InChI is InChI=1S/C12H23NO2/c1-9(8-14)13-11(15)10-6-4-5-7-12(10,2)3/h9-10,14H,4-8H2,1-3H3,(H,13,15)/t9-,10?/m1/s1. The second kappa shape index (κ2) is 4.97. The van der Waals surface area contributed by atoms with Crippen molar-refractivity contribution in [3.63, 3.8) is 0 Å². The minimum absolute atomic E-state index is 0.0128. The minimum Gasteiger partial charge on any atom is -0.394 e. The molecule has 2 atom stereocenters. The van der Waals surface area contributed by atoms with Crippen LogP contribution in [-0.4, -0.2) is 23.7 Å². The molecule has 15 heavy (non-hydrogen) atoms. The molecule has 1 amide bonds. The van der Waals surface area contributed by atoms with Crippen LogP contribution in [0.3, 0.4) is 0 Å². The van der Waals surface area contributed by atoms with Gasteiger partial charge in [0.1, 0.15) is 0 Å². The summed E-state index contributed by atoms with van der Waals surface area (Å²) in [5.74, 6) is 0.224. The Hall–Kier alpha value is -0.570. The molecule has 0 aromatic rings. The average Bonchev–Trinajstić information content (AvgIpc) is 2.16. The largest absolute Gasteiger partial charge is 0.394 e. The maximum Gasteiger partial charge on any atom is 0.223 e. The van der Waals surface area contributed by atoms with Crippen LogP contribution in [0.2, 0.25) is 0 Å². The quantitative estimate of drug-likeness (QED) is 0.749. The summed E-state index contributed by atoms with van der Waals surface area (Å²) < 4.78 is 0. The molecule has 0 aromatic carbocycles. The second-order valence-electron chi connectivity index (χ2n) is 5.38. The monoisotopic (exact) mass is 213 g/mol. The number of hydrogen-bond donors (Lipinski definition) is 2. The molecule has 1 rings (SSSR count). The van der Waals surface area contributed by atoms with Gasteiger partial charge in [-0.1, -0.05) is 26.7 Å². The first kappa shape index (κ1) is 12.5. The minimum atomic E-state index is -0.129. The summed E-state index contributed by atoms with van der Waals surface area (Å²) in [6.45, 7) is 6.17. The third-order valence-electron chi connectivity index (χ3n) is 3.49. The lowest BCUT2D eigenvalue weighted by Gasteiger charge is -2.37. The van der Waals surface area contributed by atoms with Crippen LogP contribution >= 0.6 is 0 Å². The van der Waals surface area contributed by atoms with Gasteiger partial charge in [0.05, 0.1) is 6.61 Å². The Morgan fingerprint density at radius 2 is 2.20 bits per heavy atom. The van der Waals surface area contributed by atoms with Crippen LogP contribution in [0.1, 0.15) is 46.5 Å². The molecule has 2 N–H and O–H groups in total. The fourth-order valence-corrected chi connectivity index (χ4v) is 2.37. The van der Waals surface area contributed by atoms with Crippen LogP contribution in [0.4, 0.5) is 0 Å². The molecule has 1 aliphatic carbocycles. The zero-order chi connectivity index (χ0) is 11.5. The van der Waals surface area contributed by atoms with E-state index in [-0.39, 0.29) is 29.9 Å². The van der Waals surface area contributed by atoms with E-state index in [1.165, 1.54) is 6.42 Å². The number of hydrogen-bond acceptors (Lipinski definition) is 2. The molecule has 0 saturated heterocycles. The van der Waals surface area contributed by atoms with Crippen molar-refractivity contribution in [1.29, 1.82) is 0 Å². The van der Waals surface area contributed by atoms with Crippen LogP contribution in [0.5, 0.6) is 0 Å². The van der Waals surface area contributed by atoms with Gasteiger partial charge in [-0.05, 0) is 25.2 Å². The van der Waals surface area contributed by atoms with E-state index in [0.717, 1.165) is 19.3 Å². The summed E-state index contributed by atoms with van der Waals surface area (Å²) in [7, 11) is 0. The summed E-state index contributed by atoms with van der Waals surface area (Å²) in [5, 5.41) is 11.8. The topological polar surface area (TPSA) is 49.3 Å². The van der Waals surface area contributed by atoms with Crippen LogP contribution in [0.15, 0.2) is 0 Å². The number of carbonyl (C=O) groups excluding carboxylic acids is 1. The van der Waals surface area contributed by atoms with E-state index in [4.69, 9.17) is 5.11 Å². The zero-order valence-electron chi connectivity index (χ0n) is 10.0. The van der Waals surface area contributed by atoms with Crippen molar-refractivity contribution in [3.8, 4) is 0 Å². The lowest BCUT2D eigenvalue weighted by atomic mass is 9.68. The van der Waals surface area contributed by atoms with Crippen molar-refractivity contribution in [2.45, 2.75) is 52.5 Å². The molecule has 0 heterocycles. The predicted molar refractivity (Wildman–Crippen MR) is 60.4 cm³/mol. The van der Waals surface area contributed by atoms with E-state index in [2.05, 4.69) is 19.2 Å². The van der Waals surface area contributed by atoms with Gasteiger partial charge in [0, 0.05) is 12.0 Å². The first-order valence-corrected chi connectivity index (χ1v) is 5.88. The molecule has 1 unspecified atom stereocenters. The van der Waals surface area contributed by atoms with Gasteiger partial charge in [0.25, 0.3) is 0 Å². The van der Waals surface area contributed by atoms with Gasteiger partial charge in [-0.15, -0.1) is 0 Å². The number of amides is 1. The van der Waals surface area contributed by atoms with Crippen molar-refractivity contribution in [1.82, 2.24) is 5.32 Å². The Kier molecular flexibility index (Phi) is 4.14. The first-order chi connectivity index (χ1) is 6.97. The van der Waals surface area contributed by atoms with Crippen molar-refractivity contribution in [2.24, 2.45) is 11.3 Å². The number of aliphatic hydroxyl groups excluding tert-OH is 1. The summed E-state index contributed by atoms with van der Waals surface area (Å²) in [6.07, 6.45) is 4.48. The molecule has 0 bridgehead atoms. The Morgan fingerprint density at radius 1 is 1.53 bits per heavy atom. The lowest BCUT2D eigenvalue weighted by molar-refractivity contribution is -0.131. The van der Waals surface area contributed by atoms with Gasteiger partial charge in [0.2, 0.25) is 5.91 Å². The number of aliphatic hydroxyl groups is 1. The molecular formula is C12H23NO2. The zero-order valence-corrected chi connectivity index (χ0v) is 10.0. The maximum absolute atomic E-state index is 12.0. The maximum atomic E-state index is 12.0. The van der Waals surface area contributed by atoms with Gasteiger partial charge in [-0.25, -0.2) is 0 Å². The number of nitrogens with one attached hydrogen (secondary N) is 1. The summed E-state index contributed by atoms with van der Waals surface area (Å²) in [4.78, 5) is 12.0. The summed E-state index contributed by atoms with van der Waals surface area (Å²) in [6, 6.07) is -0.129. The SMILES string of the molecule is C[C@H](CO)NC(=O)C1CCCCC1(C)C. The van der Waals surface area contributed by atoms with Crippen LogP contribution in [0, 0.1) is 11.3 Å². The fourth-order valence-electron chi connectivity index (χ4n) is 2.37. The van der Waals surface area contributed by atoms with E-state index in [1.54, 1.807) is 0 Å². The molecule has 3 heteroatoms. The van der Waals surface area contributed by atoms with Crippen molar-refractivity contribution < 1.29 is 9.90 Å². The molecule has 1 aliphatic rings. The molecule has 3 nitrogen and oxygen atoms in total. The van der Waals surface area contributed by atoms with Gasteiger partial charge in [-0.3, -0.25) is 4.79 Å². The number of carbonyl (C=O) groups is 1. The highest BCUT2D eigenvalue weighted by Crippen LogP contribution is 2.40. The molecular weight excluding hydrogens is 190 g/mol. The number of rotatable bonds is 3. The van der Waals surface area contributed by atoms with Crippen molar-refractivity contribution in [2.75, 3.05) is 6.61 Å². The third kappa shape index (κ3) is 3.20. The molecule has 0 spiro atoms. The lowest BCUT2D eigenvalue weighted by Crippen LogP contribution is -2.45.